The minimum Gasteiger partial charge on any atom is -0.232 e. The molecule has 0 bridgehead atoms. The van der Waals surface area contributed by atoms with Crippen LogP contribution in [0.15, 0.2) is 216 Å². The monoisotopic (exact) mass is 744 g/mol. The molecule has 0 saturated carbocycles. The van der Waals surface area contributed by atoms with E-state index >= 15 is 0 Å². The fraction of sp³-hybridized carbons (Fsp3) is 0.107. The van der Waals surface area contributed by atoms with Gasteiger partial charge >= 0.3 is 0 Å². The quantitative estimate of drug-likeness (QED) is 0.156. The summed E-state index contributed by atoms with van der Waals surface area (Å²) in [7, 11) is 0. The van der Waals surface area contributed by atoms with Gasteiger partial charge < -0.3 is 0 Å². The highest BCUT2D eigenvalue weighted by Crippen LogP contribution is 2.50. The maximum Gasteiger partial charge on any atom is 0.160 e. The lowest BCUT2D eigenvalue weighted by Gasteiger charge is -2.42. The van der Waals surface area contributed by atoms with E-state index in [1.165, 1.54) is 43.8 Å². The first kappa shape index (κ1) is 35.5. The van der Waals surface area contributed by atoms with Crippen LogP contribution in [0.3, 0.4) is 0 Å². The number of fused-ring (bicyclic) bond motifs is 4. The molecule has 4 aliphatic rings. The summed E-state index contributed by atoms with van der Waals surface area (Å²) >= 11 is 0. The van der Waals surface area contributed by atoms with E-state index in [2.05, 4.69) is 220 Å². The number of hydrogen-bond acceptors (Lipinski definition) is 2. The van der Waals surface area contributed by atoms with Gasteiger partial charge in [-0.2, -0.15) is 0 Å². The highest BCUT2D eigenvalue weighted by Gasteiger charge is 2.40. The van der Waals surface area contributed by atoms with Crippen LogP contribution in [0.1, 0.15) is 42.5 Å². The number of allylic oxidation sites excluding steroid dienone is 9. The Labute approximate surface area is 341 Å². The molecular weight excluding hydrogens is 701 g/mol. The lowest BCUT2D eigenvalue weighted by molar-refractivity contribution is 0.485. The van der Waals surface area contributed by atoms with Gasteiger partial charge in [-0.05, 0) is 78.6 Å². The van der Waals surface area contributed by atoms with Crippen LogP contribution < -0.4 is 10.4 Å². The summed E-state index contributed by atoms with van der Waals surface area (Å²) in [5, 5.41) is 2.66. The molecule has 0 fully saturated rings. The van der Waals surface area contributed by atoms with Crippen LogP contribution >= 0.6 is 0 Å². The van der Waals surface area contributed by atoms with E-state index in [1.54, 1.807) is 0 Å². The first-order valence-electron chi connectivity index (χ1n) is 20.5. The van der Waals surface area contributed by atoms with Crippen molar-refractivity contribution in [1.82, 2.24) is 0 Å². The van der Waals surface area contributed by atoms with E-state index in [0.717, 1.165) is 51.5 Å². The predicted octanol–water partition coefficient (Wildman–Crippen LogP) is 12.1. The lowest BCUT2D eigenvalue weighted by Crippen LogP contribution is -2.44. The lowest BCUT2D eigenvalue weighted by atomic mass is 9.61. The Kier molecular flexibility index (Phi) is 9.11. The van der Waals surface area contributed by atoms with Gasteiger partial charge in [0.25, 0.3) is 0 Å². The molecule has 0 saturated heterocycles. The largest absolute Gasteiger partial charge is 0.232 e. The average molecular weight is 745 g/mol. The van der Waals surface area contributed by atoms with Gasteiger partial charge in [-0.25, -0.2) is 9.98 Å². The van der Waals surface area contributed by atoms with Gasteiger partial charge in [-0.3, -0.25) is 0 Å². The Bertz CT molecular complexity index is 2930. The average Bonchev–Trinajstić information content (AvgIpc) is 3.50. The Balaban J connectivity index is 1.13. The number of nitrogens with zero attached hydrogens (tertiary/aromatic N) is 2. The van der Waals surface area contributed by atoms with Crippen LogP contribution in [-0.4, -0.2) is 11.5 Å². The molecule has 0 N–H and O–H groups in total. The molecule has 3 atom stereocenters. The van der Waals surface area contributed by atoms with Crippen LogP contribution in [0.4, 0.5) is 0 Å². The van der Waals surface area contributed by atoms with Gasteiger partial charge in [0.15, 0.2) is 5.84 Å². The normalized spacial score (nSPS) is 20.5. The van der Waals surface area contributed by atoms with Crippen molar-refractivity contribution in [3.63, 3.8) is 0 Å². The Hall–Kier alpha value is -6.90. The molecule has 10 rings (SSSR count). The third-order valence-corrected chi connectivity index (χ3v) is 12.3. The Morgan fingerprint density at radius 3 is 1.74 bits per heavy atom. The molecule has 2 nitrogen and oxygen atoms in total. The first-order valence-corrected chi connectivity index (χ1v) is 20.5. The maximum absolute atomic E-state index is 5.50. The van der Waals surface area contributed by atoms with Gasteiger partial charge in [0.1, 0.15) is 0 Å². The fourth-order valence-corrected chi connectivity index (χ4v) is 9.47. The smallest absolute Gasteiger partial charge is 0.160 e. The molecule has 1 aliphatic heterocycles. The number of benzene rings is 6. The first-order chi connectivity index (χ1) is 28.6. The molecule has 58 heavy (non-hydrogen) atoms. The summed E-state index contributed by atoms with van der Waals surface area (Å²) in [5.74, 6) is 1.07. The molecule has 0 aromatic heterocycles. The van der Waals surface area contributed by atoms with E-state index in [9.17, 15) is 0 Å². The molecule has 0 radical (unpaired) electrons. The van der Waals surface area contributed by atoms with Crippen LogP contribution in [0.5, 0.6) is 0 Å². The highest BCUT2D eigenvalue weighted by molar-refractivity contribution is 6.18. The van der Waals surface area contributed by atoms with E-state index < -0.39 is 0 Å². The highest BCUT2D eigenvalue weighted by atomic mass is 14.9. The molecule has 3 unspecified atom stereocenters. The molecule has 6 aromatic carbocycles. The van der Waals surface area contributed by atoms with Crippen molar-refractivity contribution in [3.8, 4) is 22.3 Å². The van der Waals surface area contributed by atoms with E-state index in [1.807, 2.05) is 0 Å². The Morgan fingerprint density at radius 1 is 0.517 bits per heavy atom. The van der Waals surface area contributed by atoms with Crippen LogP contribution in [0.2, 0.25) is 0 Å². The molecule has 1 heterocycles. The number of hydrogen-bond donors (Lipinski definition) is 0. The summed E-state index contributed by atoms with van der Waals surface area (Å²) in [5.41, 5.74) is 14.8. The SMILES string of the molecule is CCC1C=C(c2ccccc2)N=C(c2ccccc2-c2ccccc2-c2ccccc2C2=CC3(C)C(=c4ccccc4=C4C=CC=CC43)C=C2)N=C1c1ccccc1. The van der Waals surface area contributed by atoms with E-state index in [0.29, 0.717) is 0 Å². The third-order valence-electron chi connectivity index (χ3n) is 12.3. The zero-order chi connectivity index (χ0) is 39.1. The summed E-state index contributed by atoms with van der Waals surface area (Å²) in [6, 6.07) is 56.4. The van der Waals surface area contributed by atoms with Gasteiger partial charge in [0.05, 0.1) is 11.4 Å². The topological polar surface area (TPSA) is 24.7 Å². The zero-order valence-electron chi connectivity index (χ0n) is 32.9. The zero-order valence-corrected chi connectivity index (χ0v) is 32.9. The van der Waals surface area contributed by atoms with Crippen molar-refractivity contribution >= 4 is 34.0 Å². The van der Waals surface area contributed by atoms with E-state index in [-0.39, 0.29) is 17.3 Å². The minimum absolute atomic E-state index is 0.105. The minimum atomic E-state index is -0.208. The summed E-state index contributed by atoms with van der Waals surface area (Å²) in [4.78, 5) is 10.9. The van der Waals surface area contributed by atoms with Crippen LogP contribution in [-0.2, 0) is 0 Å². The second-order valence-corrected chi connectivity index (χ2v) is 15.7. The molecule has 278 valence electrons. The summed E-state index contributed by atoms with van der Waals surface area (Å²) < 4.78 is 0. The molecule has 3 aliphatic carbocycles. The standard InChI is InChI=1S/C56H44N2/c1-3-38-36-53(39-20-6-4-7-21-39)57-55(58-54(38)40-22-8-5-9-23-40)50-32-17-15-28-46(50)45-27-13-12-26-44(45)43-25-11-10-24-42(43)41-34-35-52-49-30-16-14-29-47(49)48-31-18-19-33-51(48)56(52,2)37-41/h4-38,51H,3H2,1-2H3. The van der Waals surface area contributed by atoms with Crippen molar-refractivity contribution in [2.45, 2.75) is 20.3 Å². The molecule has 2 heteroatoms. The second kappa shape index (κ2) is 14.9. The predicted molar refractivity (Wildman–Crippen MR) is 245 cm³/mol. The second-order valence-electron chi connectivity index (χ2n) is 15.7. The van der Waals surface area contributed by atoms with Crippen molar-refractivity contribution in [2.75, 3.05) is 0 Å². The summed E-state index contributed by atoms with van der Waals surface area (Å²) in [6.45, 7) is 4.65. The molecule has 0 amide bonds. The van der Waals surface area contributed by atoms with Gasteiger partial charge in [0, 0.05) is 22.8 Å². The molecular formula is C56H44N2. The Morgan fingerprint density at radius 2 is 1.07 bits per heavy atom. The molecule has 0 spiro atoms. The maximum atomic E-state index is 5.50. The van der Waals surface area contributed by atoms with E-state index in [4.69, 9.17) is 9.98 Å². The van der Waals surface area contributed by atoms with Crippen molar-refractivity contribution in [3.05, 3.63) is 239 Å². The summed E-state index contributed by atoms with van der Waals surface area (Å²) in [6.07, 6.45) is 19.6. The number of amidine groups is 1. The van der Waals surface area contributed by atoms with Crippen molar-refractivity contribution in [2.24, 2.45) is 27.2 Å². The van der Waals surface area contributed by atoms with Crippen molar-refractivity contribution in [1.29, 1.82) is 0 Å². The number of aliphatic imine (C=N–C) groups is 2. The molecule has 6 aromatic rings. The number of rotatable bonds is 7. The van der Waals surface area contributed by atoms with Gasteiger partial charge in [-0.1, -0.05) is 214 Å². The fourth-order valence-electron chi connectivity index (χ4n) is 9.47. The van der Waals surface area contributed by atoms with Crippen LogP contribution in [0.25, 0.3) is 44.7 Å². The van der Waals surface area contributed by atoms with Crippen LogP contribution in [0, 0.1) is 17.3 Å². The van der Waals surface area contributed by atoms with Gasteiger partial charge in [-0.15, -0.1) is 0 Å². The van der Waals surface area contributed by atoms with Crippen molar-refractivity contribution < 1.29 is 0 Å². The van der Waals surface area contributed by atoms with Gasteiger partial charge in [0.2, 0.25) is 0 Å². The third kappa shape index (κ3) is 6.13.